The summed E-state index contributed by atoms with van der Waals surface area (Å²) in [6.07, 6.45) is 2.51. The molecule has 1 aromatic carbocycles. The molecule has 1 amide bonds. The maximum Gasteiger partial charge on any atom is 0.257 e. The number of nitrogens with one attached hydrogen (secondary N) is 1. The average Bonchev–Trinajstić information content (AvgIpc) is 2.84. The molecular weight excluding hydrogens is 456 g/mol. The van der Waals surface area contributed by atoms with Crippen molar-refractivity contribution >= 4 is 27.2 Å². The molecule has 10 nitrogen and oxygen atoms in total. The Bertz CT molecular complexity index is 1330. The van der Waals surface area contributed by atoms with Crippen molar-refractivity contribution < 1.29 is 17.9 Å². The van der Waals surface area contributed by atoms with Gasteiger partial charge in [-0.05, 0) is 36.4 Å². The van der Waals surface area contributed by atoms with Gasteiger partial charge in [-0.1, -0.05) is 0 Å². The van der Waals surface area contributed by atoms with Crippen LogP contribution in [0.25, 0.3) is 11.4 Å². The van der Waals surface area contributed by atoms with E-state index in [1.165, 1.54) is 24.6 Å². The zero-order valence-corrected chi connectivity index (χ0v) is 19.2. The summed E-state index contributed by atoms with van der Waals surface area (Å²) in [4.78, 5) is 27.5. The molecule has 11 heteroatoms. The van der Waals surface area contributed by atoms with Gasteiger partial charge in [0.1, 0.15) is 17.6 Å². The van der Waals surface area contributed by atoms with E-state index in [0.29, 0.717) is 60.5 Å². The fourth-order valence-electron chi connectivity index (χ4n) is 3.41. The molecule has 4 rings (SSSR count). The Morgan fingerprint density at radius 2 is 1.88 bits per heavy atom. The first-order valence-electron chi connectivity index (χ1n) is 10.5. The van der Waals surface area contributed by atoms with Gasteiger partial charge in [-0.3, -0.25) is 4.79 Å². The molecular formula is C23H22N6O4S. The summed E-state index contributed by atoms with van der Waals surface area (Å²) < 4.78 is 29.2. The van der Waals surface area contributed by atoms with Crippen LogP contribution in [0.2, 0.25) is 0 Å². The minimum atomic E-state index is -3.28. The summed E-state index contributed by atoms with van der Waals surface area (Å²) in [7, 11) is -3.28. The monoisotopic (exact) mass is 478 g/mol. The standard InChI is InChI=1S/C23H22N6O4S/c1-34(31,32)15-20-12-21(29-8-10-33-11-9-29)28-22(26-20)16-2-5-18(6-3-16)27-23(30)17-4-7-19(13-24)25-14-17/h2-7,12,14H,8-11,15H2,1H3,(H,27,30). The van der Waals surface area contributed by atoms with Crippen LogP contribution in [0.5, 0.6) is 0 Å². The maximum atomic E-state index is 12.4. The van der Waals surface area contributed by atoms with Crippen LogP contribution in [0.3, 0.4) is 0 Å². The van der Waals surface area contributed by atoms with Crippen LogP contribution in [-0.2, 0) is 20.3 Å². The highest BCUT2D eigenvalue weighted by Gasteiger charge is 2.17. The second-order valence-electron chi connectivity index (χ2n) is 7.79. The molecule has 0 spiro atoms. The van der Waals surface area contributed by atoms with Crippen molar-refractivity contribution in [2.24, 2.45) is 0 Å². The smallest absolute Gasteiger partial charge is 0.257 e. The lowest BCUT2D eigenvalue weighted by molar-refractivity contribution is 0.102. The molecule has 0 aliphatic carbocycles. The van der Waals surface area contributed by atoms with E-state index in [2.05, 4.69) is 20.3 Å². The molecule has 0 saturated carbocycles. The third-order valence-electron chi connectivity index (χ3n) is 5.05. The first kappa shape index (κ1) is 23.3. The van der Waals surface area contributed by atoms with Crippen LogP contribution >= 0.6 is 0 Å². The first-order valence-corrected chi connectivity index (χ1v) is 12.5. The van der Waals surface area contributed by atoms with Crippen molar-refractivity contribution in [2.45, 2.75) is 5.75 Å². The molecule has 2 aromatic heterocycles. The second-order valence-corrected chi connectivity index (χ2v) is 9.93. The Balaban J connectivity index is 1.57. The van der Waals surface area contributed by atoms with E-state index >= 15 is 0 Å². The minimum Gasteiger partial charge on any atom is -0.378 e. The van der Waals surface area contributed by atoms with Crippen LogP contribution in [-0.4, -0.2) is 61.8 Å². The van der Waals surface area contributed by atoms with Crippen molar-refractivity contribution in [1.29, 1.82) is 5.26 Å². The van der Waals surface area contributed by atoms with Crippen molar-refractivity contribution in [1.82, 2.24) is 15.0 Å². The van der Waals surface area contributed by atoms with Crippen LogP contribution in [0.4, 0.5) is 11.5 Å². The van der Waals surface area contributed by atoms with Crippen LogP contribution in [0.15, 0.2) is 48.7 Å². The number of nitriles is 1. The fourth-order valence-corrected chi connectivity index (χ4v) is 4.09. The van der Waals surface area contributed by atoms with E-state index in [4.69, 9.17) is 10.00 Å². The minimum absolute atomic E-state index is 0.188. The van der Waals surface area contributed by atoms with Crippen LogP contribution in [0.1, 0.15) is 21.7 Å². The van der Waals surface area contributed by atoms with E-state index in [-0.39, 0.29) is 17.4 Å². The van der Waals surface area contributed by atoms with Crippen LogP contribution < -0.4 is 10.2 Å². The highest BCUT2D eigenvalue weighted by molar-refractivity contribution is 7.89. The lowest BCUT2D eigenvalue weighted by Crippen LogP contribution is -2.37. The predicted octanol–water partition coefficient (Wildman–Crippen LogP) is 2.04. The van der Waals surface area contributed by atoms with Gasteiger partial charge in [-0.2, -0.15) is 5.26 Å². The molecule has 1 N–H and O–H groups in total. The van der Waals surface area contributed by atoms with Crippen molar-refractivity contribution in [3.63, 3.8) is 0 Å². The van der Waals surface area contributed by atoms with Gasteiger partial charge in [0.05, 0.1) is 30.2 Å². The van der Waals surface area contributed by atoms with E-state index in [9.17, 15) is 13.2 Å². The van der Waals surface area contributed by atoms with Gasteiger partial charge in [0.2, 0.25) is 0 Å². The van der Waals surface area contributed by atoms with Gasteiger partial charge in [0.15, 0.2) is 15.7 Å². The average molecular weight is 479 g/mol. The van der Waals surface area contributed by atoms with E-state index in [1.807, 2.05) is 11.0 Å². The Morgan fingerprint density at radius 1 is 1.15 bits per heavy atom. The number of benzene rings is 1. The number of rotatable bonds is 6. The van der Waals surface area contributed by atoms with E-state index < -0.39 is 9.84 Å². The van der Waals surface area contributed by atoms with Gasteiger partial charge in [-0.25, -0.2) is 23.4 Å². The SMILES string of the molecule is CS(=O)(=O)Cc1cc(N2CCOCC2)nc(-c2ccc(NC(=O)c3ccc(C#N)nc3)cc2)n1. The summed E-state index contributed by atoms with van der Waals surface area (Å²) in [5.41, 5.74) is 2.21. The molecule has 1 saturated heterocycles. The quantitative estimate of drug-likeness (QED) is 0.564. The number of amides is 1. The summed E-state index contributed by atoms with van der Waals surface area (Å²) in [6.45, 7) is 2.46. The molecule has 3 aromatic rings. The Hall–Kier alpha value is -3.88. The molecule has 174 valence electrons. The molecule has 0 unspecified atom stereocenters. The number of hydrogen-bond donors (Lipinski definition) is 1. The molecule has 0 radical (unpaired) electrons. The fraction of sp³-hybridized carbons (Fsp3) is 0.261. The number of carbonyl (C=O) groups is 1. The number of anilines is 2. The number of pyridine rings is 1. The molecule has 1 aliphatic rings. The summed E-state index contributed by atoms with van der Waals surface area (Å²) >= 11 is 0. The molecule has 1 aliphatic heterocycles. The summed E-state index contributed by atoms with van der Waals surface area (Å²) in [5, 5.41) is 11.6. The van der Waals surface area contributed by atoms with Crippen molar-refractivity contribution in [3.8, 4) is 17.5 Å². The number of ether oxygens (including phenoxy) is 1. The van der Waals surface area contributed by atoms with Crippen molar-refractivity contribution in [2.75, 3.05) is 42.8 Å². The number of hydrogen-bond acceptors (Lipinski definition) is 9. The van der Waals surface area contributed by atoms with Crippen molar-refractivity contribution in [3.05, 3.63) is 65.6 Å². The first-order chi connectivity index (χ1) is 16.3. The molecule has 3 heterocycles. The zero-order valence-electron chi connectivity index (χ0n) is 18.4. The Kier molecular flexibility index (Phi) is 6.81. The maximum absolute atomic E-state index is 12.4. The normalized spacial score (nSPS) is 13.8. The van der Waals surface area contributed by atoms with Gasteiger partial charge >= 0.3 is 0 Å². The zero-order chi connectivity index (χ0) is 24.1. The number of morpholine rings is 1. The van der Waals surface area contributed by atoms with Gasteiger partial charge in [0.25, 0.3) is 5.91 Å². The third kappa shape index (κ3) is 5.92. The lowest BCUT2D eigenvalue weighted by atomic mass is 10.1. The van der Waals surface area contributed by atoms with Gasteiger partial charge in [0, 0.05) is 42.9 Å². The lowest BCUT2D eigenvalue weighted by Gasteiger charge is -2.28. The highest BCUT2D eigenvalue weighted by Crippen LogP contribution is 2.24. The van der Waals surface area contributed by atoms with E-state index in [1.54, 1.807) is 30.3 Å². The largest absolute Gasteiger partial charge is 0.378 e. The molecule has 34 heavy (non-hydrogen) atoms. The van der Waals surface area contributed by atoms with E-state index in [0.717, 1.165) is 0 Å². The number of carbonyl (C=O) groups excluding carboxylic acids is 1. The molecule has 0 atom stereocenters. The Labute approximate surface area is 197 Å². The second kappa shape index (κ2) is 9.94. The topological polar surface area (TPSA) is 138 Å². The summed E-state index contributed by atoms with van der Waals surface area (Å²) in [5.74, 6) is 0.507. The van der Waals surface area contributed by atoms with Gasteiger partial charge < -0.3 is 15.0 Å². The number of aromatic nitrogens is 3. The molecule has 0 bridgehead atoms. The summed E-state index contributed by atoms with van der Waals surface area (Å²) in [6, 6.07) is 13.6. The number of sulfone groups is 1. The molecule has 1 fully saturated rings. The van der Waals surface area contributed by atoms with Crippen LogP contribution in [0, 0.1) is 11.3 Å². The predicted molar refractivity (Wildman–Crippen MR) is 126 cm³/mol. The Morgan fingerprint density at radius 3 is 2.50 bits per heavy atom. The highest BCUT2D eigenvalue weighted by atomic mass is 32.2. The van der Waals surface area contributed by atoms with Gasteiger partial charge in [-0.15, -0.1) is 0 Å². The number of nitrogens with zero attached hydrogens (tertiary/aromatic N) is 5. The third-order valence-corrected chi connectivity index (χ3v) is 5.87.